The standard InChI is InChI=1S/C12H23NO/c1-2-13(9-10-7-8-10)11-5-3-4-6-12(11)14/h10-12,14H,2-9H2,1H3/t11-,12-/m1/s1. The van der Waals surface area contributed by atoms with Crippen LogP contribution in [0, 0.1) is 5.92 Å². The fraction of sp³-hybridized carbons (Fsp3) is 1.00. The van der Waals surface area contributed by atoms with Crippen molar-refractivity contribution >= 4 is 0 Å². The maximum atomic E-state index is 9.96. The summed E-state index contributed by atoms with van der Waals surface area (Å²) in [6.45, 7) is 4.57. The molecule has 2 nitrogen and oxygen atoms in total. The number of nitrogens with zero attached hydrogens (tertiary/aromatic N) is 1. The fourth-order valence-corrected chi connectivity index (χ4v) is 2.65. The molecule has 0 aromatic heterocycles. The Morgan fingerprint density at radius 3 is 2.43 bits per heavy atom. The Bertz CT molecular complexity index is 179. The van der Waals surface area contributed by atoms with E-state index in [4.69, 9.17) is 0 Å². The van der Waals surface area contributed by atoms with E-state index in [0.29, 0.717) is 6.04 Å². The summed E-state index contributed by atoms with van der Waals surface area (Å²) in [5.41, 5.74) is 0. The third-order valence-corrected chi connectivity index (χ3v) is 3.76. The molecule has 14 heavy (non-hydrogen) atoms. The second-order valence-corrected chi connectivity index (χ2v) is 4.95. The third kappa shape index (κ3) is 2.48. The highest BCUT2D eigenvalue weighted by molar-refractivity contribution is 4.86. The Morgan fingerprint density at radius 2 is 1.86 bits per heavy atom. The van der Waals surface area contributed by atoms with Crippen LogP contribution in [0.3, 0.4) is 0 Å². The van der Waals surface area contributed by atoms with Gasteiger partial charge in [-0.2, -0.15) is 0 Å². The molecule has 0 radical (unpaired) electrons. The van der Waals surface area contributed by atoms with Crippen molar-refractivity contribution in [2.45, 2.75) is 57.6 Å². The molecule has 2 atom stereocenters. The van der Waals surface area contributed by atoms with Gasteiger partial charge in [-0.3, -0.25) is 4.90 Å². The average molecular weight is 197 g/mol. The third-order valence-electron chi connectivity index (χ3n) is 3.76. The minimum absolute atomic E-state index is 0.0533. The Hall–Kier alpha value is -0.0800. The number of aliphatic hydroxyl groups is 1. The SMILES string of the molecule is CCN(CC1CC1)[C@@H]1CCCC[C@H]1O. The molecule has 2 heteroatoms. The van der Waals surface area contributed by atoms with E-state index in [1.807, 2.05) is 0 Å². The molecule has 2 saturated carbocycles. The van der Waals surface area contributed by atoms with Gasteiger partial charge in [-0.15, -0.1) is 0 Å². The summed E-state index contributed by atoms with van der Waals surface area (Å²) in [6.07, 6.45) is 7.54. The second-order valence-electron chi connectivity index (χ2n) is 4.95. The molecule has 0 unspecified atom stereocenters. The van der Waals surface area contributed by atoms with E-state index in [-0.39, 0.29) is 6.10 Å². The quantitative estimate of drug-likeness (QED) is 0.745. The molecule has 2 fully saturated rings. The summed E-state index contributed by atoms with van der Waals surface area (Å²) in [4.78, 5) is 2.52. The molecule has 0 amide bonds. The van der Waals surface area contributed by atoms with E-state index >= 15 is 0 Å². The largest absolute Gasteiger partial charge is 0.391 e. The van der Waals surface area contributed by atoms with Crippen molar-refractivity contribution in [3.05, 3.63) is 0 Å². The lowest BCUT2D eigenvalue weighted by Crippen LogP contribution is -2.46. The van der Waals surface area contributed by atoms with Gasteiger partial charge in [-0.1, -0.05) is 19.8 Å². The van der Waals surface area contributed by atoms with Crippen LogP contribution in [0.2, 0.25) is 0 Å². The zero-order chi connectivity index (χ0) is 9.97. The van der Waals surface area contributed by atoms with E-state index in [9.17, 15) is 5.11 Å². The van der Waals surface area contributed by atoms with Gasteiger partial charge >= 0.3 is 0 Å². The van der Waals surface area contributed by atoms with Gasteiger partial charge in [-0.25, -0.2) is 0 Å². The van der Waals surface area contributed by atoms with Crippen LogP contribution in [-0.2, 0) is 0 Å². The summed E-state index contributed by atoms with van der Waals surface area (Å²) in [5, 5.41) is 9.96. The highest BCUT2D eigenvalue weighted by Crippen LogP contribution is 2.32. The Kier molecular flexibility index (Phi) is 3.45. The topological polar surface area (TPSA) is 23.5 Å². The molecule has 82 valence electrons. The first kappa shape index (κ1) is 10.4. The van der Waals surface area contributed by atoms with Gasteiger partial charge in [-0.05, 0) is 38.1 Å². The van der Waals surface area contributed by atoms with Gasteiger partial charge in [0.05, 0.1) is 6.10 Å². The van der Waals surface area contributed by atoms with Crippen LogP contribution in [0.25, 0.3) is 0 Å². The molecule has 0 saturated heterocycles. The second kappa shape index (κ2) is 4.63. The molecule has 0 heterocycles. The molecule has 0 aromatic carbocycles. The first-order valence-electron chi connectivity index (χ1n) is 6.23. The average Bonchev–Trinajstić information content (AvgIpc) is 2.99. The Balaban J connectivity index is 1.87. The van der Waals surface area contributed by atoms with Gasteiger partial charge in [0, 0.05) is 12.6 Å². The number of likely N-dealkylation sites (N-methyl/N-ethyl adjacent to an activating group) is 1. The number of aliphatic hydroxyl groups excluding tert-OH is 1. The van der Waals surface area contributed by atoms with Gasteiger partial charge < -0.3 is 5.11 Å². The fourth-order valence-electron chi connectivity index (χ4n) is 2.65. The van der Waals surface area contributed by atoms with Crippen LogP contribution in [-0.4, -0.2) is 35.2 Å². The maximum absolute atomic E-state index is 9.96. The summed E-state index contributed by atoms with van der Waals surface area (Å²) in [6, 6.07) is 0.467. The van der Waals surface area contributed by atoms with Gasteiger partial charge in [0.25, 0.3) is 0 Å². The van der Waals surface area contributed by atoms with Crippen molar-refractivity contribution in [1.82, 2.24) is 4.90 Å². The van der Waals surface area contributed by atoms with Crippen molar-refractivity contribution in [3.63, 3.8) is 0 Å². The monoisotopic (exact) mass is 197 g/mol. The van der Waals surface area contributed by atoms with Crippen molar-refractivity contribution in [2.75, 3.05) is 13.1 Å². The number of rotatable bonds is 4. The van der Waals surface area contributed by atoms with Crippen molar-refractivity contribution < 1.29 is 5.11 Å². The molecule has 1 N–H and O–H groups in total. The summed E-state index contributed by atoms with van der Waals surface area (Å²) < 4.78 is 0. The Morgan fingerprint density at radius 1 is 1.14 bits per heavy atom. The highest BCUT2D eigenvalue weighted by Gasteiger charge is 2.31. The minimum Gasteiger partial charge on any atom is -0.391 e. The maximum Gasteiger partial charge on any atom is 0.0695 e. The zero-order valence-electron chi connectivity index (χ0n) is 9.28. The van der Waals surface area contributed by atoms with E-state index in [2.05, 4.69) is 11.8 Å². The van der Waals surface area contributed by atoms with Gasteiger partial charge in [0.15, 0.2) is 0 Å². The predicted octanol–water partition coefficient (Wildman–Crippen LogP) is 2.02. The lowest BCUT2D eigenvalue weighted by molar-refractivity contribution is 0.0200. The van der Waals surface area contributed by atoms with E-state index in [1.165, 1.54) is 38.6 Å². The highest BCUT2D eigenvalue weighted by atomic mass is 16.3. The minimum atomic E-state index is -0.0533. The van der Waals surface area contributed by atoms with Crippen LogP contribution < -0.4 is 0 Å². The first-order valence-corrected chi connectivity index (χ1v) is 6.23. The van der Waals surface area contributed by atoms with E-state index in [0.717, 1.165) is 18.9 Å². The normalized spacial score (nSPS) is 33.6. The van der Waals surface area contributed by atoms with Crippen molar-refractivity contribution in [1.29, 1.82) is 0 Å². The Labute approximate surface area is 87.3 Å². The van der Waals surface area contributed by atoms with Crippen LogP contribution >= 0.6 is 0 Å². The molecule has 0 aliphatic heterocycles. The molecule has 2 rings (SSSR count). The van der Waals surface area contributed by atoms with Gasteiger partial charge in [0.2, 0.25) is 0 Å². The molecular formula is C12H23NO. The first-order chi connectivity index (χ1) is 6.81. The van der Waals surface area contributed by atoms with Crippen molar-refractivity contribution in [3.8, 4) is 0 Å². The van der Waals surface area contributed by atoms with Crippen LogP contribution in [0.1, 0.15) is 45.4 Å². The molecule has 2 aliphatic carbocycles. The molecular weight excluding hydrogens is 174 g/mol. The van der Waals surface area contributed by atoms with E-state index in [1.54, 1.807) is 0 Å². The smallest absolute Gasteiger partial charge is 0.0695 e. The molecule has 0 spiro atoms. The van der Waals surface area contributed by atoms with E-state index < -0.39 is 0 Å². The van der Waals surface area contributed by atoms with Crippen LogP contribution in [0.15, 0.2) is 0 Å². The number of hydrogen-bond donors (Lipinski definition) is 1. The lowest BCUT2D eigenvalue weighted by Gasteiger charge is -2.37. The number of hydrogen-bond acceptors (Lipinski definition) is 2. The summed E-state index contributed by atoms with van der Waals surface area (Å²) in [7, 11) is 0. The van der Waals surface area contributed by atoms with Gasteiger partial charge in [0.1, 0.15) is 0 Å². The molecule has 2 aliphatic rings. The van der Waals surface area contributed by atoms with Crippen LogP contribution in [0.4, 0.5) is 0 Å². The zero-order valence-corrected chi connectivity index (χ0v) is 9.28. The van der Waals surface area contributed by atoms with Crippen LogP contribution in [0.5, 0.6) is 0 Å². The molecule has 0 aromatic rings. The summed E-state index contributed by atoms with van der Waals surface area (Å²) in [5.74, 6) is 0.948. The van der Waals surface area contributed by atoms with Crippen molar-refractivity contribution in [2.24, 2.45) is 5.92 Å². The predicted molar refractivity (Wildman–Crippen MR) is 58.2 cm³/mol. The molecule has 0 bridgehead atoms. The summed E-state index contributed by atoms with van der Waals surface area (Å²) >= 11 is 0. The lowest BCUT2D eigenvalue weighted by atomic mass is 9.91.